The van der Waals surface area contributed by atoms with Crippen LogP contribution in [-0.4, -0.2) is 34.8 Å². The SMILES string of the molecule is C=C/C=C(/COC(c1ccccc1)(c1ccccc1)c1ccccc1)[C@@H]1C(=O)C=C[C@@]1(O)CO. The van der Waals surface area contributed by atoms with Gasteiger partial charge in [-0.2, -0.15) is 0 Å². The van der Waals surface area contributed by atoms with Crippen LogP contribution in [0.4, 0.5) is 0 Å². The summed E-state index contributed by atoms with van der Waals surface area (Å²) in [5.41, 5.74) is 0.672. The fourth-order valence-corrected chi connectivity index (χ4v) is 4.65. The first-order valence-electron chi connectivity index (χ1n) is 11.2. The molecule has 0 amide bonds. The summed E-state index contributed by atoms with van der Waals surface area (Å²) in [7, 11) is 0. The first-order valence-corrected chi connectivity index (χ1v) is 11.2. The standard InChI is InChI=1S/C30H28O4/c1-2-12-23(28-27(32)19-20-29(28,33)22-31)21-34-30(24-13-6-3-7-14-24,25-15-8-4-9-16-25)26-17-10-5-11-18-26/h2-20,28,31,33H,1,21-22H2/b23-12-/t28-,29-/m1/s1. The van der Waals surface area contributed by atoms with Crippen LogP contribution in [0.15, 0.2) is 127 Å². The maximum absolute atomic E-state index is 12.7. The molecule has 4 rings (SSSR count). The Kier molecular flexibility index (Phi) is 7.03. The molecule has 0 heterocycles. The van der Waals surface area contributed by atoms with Crippen molar-refractivity contribution in [3.8, 4) is 0 Å². The van der Waals surface area contributed by atoms with Gasteiger partial charge in [-0.1, -0.05) is 110 Å². The van der Waals surface area contributed by atoms with Crippen LogP contribution in [0, 0.1) is 5.92 Å². The Labute approximate surface area is 200 Å². The van der Waals surface area contributed by atoms with Gasteiger partial charge in [0, 0.05) is 0 Å². The third-order valence-electron chi connectivity index (χ3n) is 6.27. The Hall–Kier alpha value is -3.57. The Morgan fingerprint density at radius 2 is 1.38 bits per heavy atom. The van der Waals surface area contributed by atoms with Gasteiger partial charge in [0.2, 0.25) is 0 Å². The lowest BCUT2D eigenvalue weighted by Crippen LogP contribution is -2.42. The molecule has 0 bridgehead atoms. The summed E-state index contributed by atoms with van der Waals surface area (Å²) in [5.74, 6) is -1.23. The number of hydrogen-bond donors (Lipinski definition) is 2. The molecular weight excluding hydrogens is 424 g/mol. The van der Waals surface area contributed by atoms with E-state index in [0.717, 1.165) is 16.7 Å². The molecule has 0 aliphatic heterocycles. The van der Waals surface area contributed by atoms with Crippen molar-refractivity contribution in [2.75, 3.05) is 13.2 Å². The molecule has 0 spiro atoms. The van der Waals surface area contributed by atoms with Crippen LogP contribution in [0.2, 0.25) is 0 Å². The molecule has 172 valence electrons. The van der Waals surface area contributed by atoms with Gasteiger partial charge in [0.05, 0.1) is 19.1 Å². The number of aliphatic hydroxyl groups excluding tert-OH is 1. The zero-order chi connectivity index (χ0) is 24.0. The number of aliphatic hydroxyl groups is 2. The molecule has 3 aromatic carbocycles. The molecule has 2 N–H and O–H groups in total. The molecule has 0 saturated carbocycles. The van der Waals surface area contributed by atoms with Crippen LogP contribution in [0.5, 0.6) is 0 Å². The number of hydrogen-bond acceptors (Lipinski definition) is 4. The van der Waals surface area contributed by atoms with Gasteiger partial charge in [-0.3, -0.25) is 4.79 Å². The lowest BCUT2D eigenvalue weighted by atomic mass is 9.79. The van der Waals surface area contributed by atoms with Gasteiger partial charge in [-0.15, -0.1) is 0 Å². The first kappa shape index (κ1) is 23.6. The van der Waals surface area contributed by atoms with Gasteiger partial charge in [-0.25, -0.2) is 0 Å². The highest BCUT2D eigenvalue weighted by Crippen LogP contribution is 2.42. The van der Waals surface area contributed by atoms with Crippen molar-refractivity contribution in [2.24, 2.45) is 5.92 Å². The fourth-order valence-electron chi connectivity index (χ4n) is 4.65. The van der Waals surface area contributed by atoms with Crippen molar-refractivity contribution in [3.63, 3.8) is 0 Å². The van der Waals surface area contributed by atoms with Crippen molar-refractivity contribution in [1.82, 2.24) is 0 Å². The molecule has 1 aliphatic rings. The van der Waals surface area contributed by atoms with Gasteiger partial charge < -0.3 is 14.9 Å². The molecule has 4 heteroatoms. The number of rotatable bonds is 9. The number of ketones is 1. The van der Waals surface area contributed by atoms with Gasteiger partial charge in [0.25, 0.3) is 0 Å². The summed E-state index contributed by atoms with van der Waals surface area (Å²) in [6, 6.07) is 29.8. The highest BCUT2D eigenvalue weighted by atomic mass is 16.5. The molecule has 3 aromatic rings. The predicted molar refractivity (Wildman–Crippen MR) is 133 cm³/mol. The van der Waals surface area contributed by atoms with Crippen LogP contribution in [-0.2, 0) is 15.1 Å². The monoisotopic (exact) mass is 452 g/mol. The molecule has 34 heavy (non-hydrogen) atoms. The number of benzene rings is 3. The maximum atomic E-state index is 12.7. The van der Waals surface area contributed by atoms with E-state index in [-0.39, 0.29) is 12.4 Å². The average molecular weight is 453 g/mol. The molecule has 1 aliphatic carbocycles. The van der Waals surface area contributed by atoms with Crippen LogP contribution in [0.25, 0.3) is 0 Å². The zero-order valence-electron chi connectivity index (χ0n) is 18.9. The number of carbonyl (C=O) groups is 1. The lowest BCUT2D eigenvalue weighted by molar-refractivity contribution is -0.123. The van der Waals surface area contributed by atoms with Crippen molar-refractivity contribution in [2.45, 2.75) is 11.2 Å². The number of ether oxygens (including phenoxy) is 1. The molecule has 4 nitrogen and oxygen atoms in total. The second kappa shape index (κ2) is 10.1. The molecular formula is C30H28O4. The summed E-state index contributed by atoms with van der Waals surface area (Å²) in [5, 5.41) is 20.8. The Morgan fingerprint density at radius 1 is 0.912 bits per heavy atom. The minimum absolute atomic E-state index is 0.0328. The second-order valence-electron chi connectivity index (χ2n) is 8.36. The third kappa shape index (κ3) is 4.31. The van der Waals surface area contributed by atoms with Crippen LogP contribution in [0.3, 0.4) is 0 Å². The molecule has 0 fully saturated rings. The van der Waals surface area contributed by atoms with E-state index in [9.17, 15) is 15.0 Å². The van der Waals surface area contributed by atoms with Gasteiger partial charge >= 0.3 is 0 Å². The summed E-state index contributed by atoms with van der Waals surface area (Å²) in [6.07, 6.45) is 5.92. The number of carbonyl (C=O) groups excluding carboxylic acids is 1. The van der Waals surface area contributed by atoms with E-state index in [2.05, 4.69) is 6.58 Å². The van der Waals surface area contributed by atoms with Crippen molar-refractivity contribution >= 4 is 5.78 Å². The molecule has 0 saturated heterocycles. The van der Waals surface area contributed by atoms with E-state index in [1.807, 2.05) is 91.0 Å². The van der Waals surface area contributed by atoms with Crippen molar-refractivity contribution in [3.05, 3.63) is 144 Å². The van der Waals surface area contributed by atoms with Gasteiger partial charge in [-0.05, 0) is 34.4 Å². The zero-order valence-corrected chi connectivity index (χ0v) is 18.9. The predicted octanol–water partition coefficient (Wildman–Crippen LogP) is 4.59. The molecule has 2 atom stereocenters. The molecule has 0 aromatic heterocycles. The van der Waals surface area contributed by atoms with Crippen LogP contribution in [0.1, 0.15) is 16.7 Å². The van der Waals surface area contributed by atoms with E-state index in [1.165, 1.54) is 12.2 Å². The quantitative estimate of drug-likeness (QED) is 0.368. The minimum atomic E-state index is -1.68. The summed E-state index contributed by atoms with van der Waals surface area (Å²) >= 11 is 0. The van der Waals surface area contributed by atoms with E-state index in [0.29, 0.717) is 5.57 Å². The Morgan fingerprint density at radius 3 is 1.79 bits per heavy atom. The second-order valence-corrected chi connectivity index (χ2v) is 8.36. The van der Waals surface area contributed by atoms with Crippen LogP contribution >= 0.6 is 0 Å². The largest absolute Gasteiger partial charge is 0.393 e. The van der Waals surface area contributed by atoms with Crippen molar-refractivity contribution in [1.29, 1.82) is 0 Å². The van der Waals surface area contributed by atoms with E-state index < -0.39 is 23.7 Å². The average Bonchev–Trinajstić information content (AvgIpc) is 3.20. The summed E-state index contributed by atoms with van der Waals surface area (Å²) < 4.78 is 6.81. The normalized spacial score (nSPS) is 20.5. The lowest BCUT2D eigenvalue weighted by Gasteiger charge is -2.37. The smallest absolute Gasteiger partial charge is 0.166 e. The van der Waals surface area contributed by atoms with Crippen molar-refractivity contribution < 1.29 is 19.7 Å². The topological polar surface area (TPSA) is 66.8 Å². The Bertz CT molecular complexity index is 1090. The summed E-state index contributed by atoms with van der Waals surface area (Å²) in [4.78, 5) is 12.7. The van der Waals surface area contributed by atoms with Crippen LogP contribution < -0.4 is 0 Å². The third-order valence-corrected chi connectivity index (χ3v) is 6.27. The van der Waals surface area contributed by atoms with Gasteiger partial charge in [0.15, 0.2) is 5.78 Å². The highest BCUT2D eigenvalue weighted by molar-refractivity contribution is 5.98. The molecule has 0 radical (unpaired) electrons. The summed E-state index contributed by atoms with van der Waals surface area (Å²) in [6.45, 7) is 3.24. The first-order chi connectivity index (χ1) is 16.5. The number of allylic oxidation sites excluding steroid dienone is 3. The van der Waals surface area contributed by atoms with E-state index in [1.54, 1.807) is 12.2 Å². The van der Waals surface area contributed by atoms with Gasteiger partial charge in [0.1, 0.15) is 11.2 Å². The maximum Gasteiger partial charge on any atom is 0.166 e. The highest BCUT2D eigenvalue weighted by Gasteiger charge is 2.46. The van der Waals surface area contributed by atoms with E-state index >= 15 is 0 Å². The van der Waals surface area contributed by atoms with E-state index in [4.69, 9.17) is 4.74 Å². The molecule has 0 unspecified atom stereocenters. The Balaban J connectivity index is 1.84. The fraction of sp³-hybridized carbons (Fsp3) is 0.167. The minimum Gasteiger partial charge on any atom is -0.393 e.